The Morgan fingerprint density at radius 2 is 0.534 bits per heavy atom. The number of aromatic nitrogens is 3. The van der Waals surface area contributed by atoms with E-state index >= 15 is 0 Å². The second-order valence-electron chi connectivity index (χ2n) is 38.4. The second kappa shape index (κ2) is 30.1. The van der Waals surface area contributed by atoms with Gasteiger partial charge in [0.1, 0.15) is 0 Å². The van der Waals surface area contributed by atoms with E-state index < -0.39 is 55.0 Å². The van der Waals surface area contributed by atoms with Crippen molar-refractivity contribution >= 4 is 37.7 Å². The molecule has 0 N–H and O–H groups in total. The highest BCUT2D eigenvalue weighted by Gasteiger charge is 2.55. The molecule has 9 aromatic carbocycles. The van der Waals surface area contributed by atoms with E-state index in [0.29, 0.717) is 0 Å². The van der Waals surface area contributed by atoms with Gasteiger partial charge in [-0.2, -0.15) is 0 Å². The van der Waals surface area contributed by atoms with Gasteiger partial charge in [0.15, 0.2) is 0 Å². The van der Waals surface area contributed by atoms with Crippen molar-refractivity contribution in [2.75, 3.05) is 0 Å². The van der Waals surface area contributed by atoms with Crippen molar-refractivity contribution in [2.45, 2.75) is 227 Å². The molecular weight excluding hydrogens is 1420 g/mol. The van der Waals surface area contributed by atoms with Crippen molar-refractivity contribution in [3.8, 4) is 101 Å². The molecule has 0 bridgehead atoms. The Hall–Kier alpha value is -9.62. The Labute approximate surface area is 691 Å². The first-order valence-corrected chi connectivity index (χ1v) is 41.9. The predicted octanol–water partition coefficient (Wildman–Crippen LogP) is 24.1. The average Bonchev–Trinajstić information content (AvgIpc) is 1.70. The first-order chi connectivity index (χ1) is 54.9. The molecule has 12 heteroatoms. The third-order valence-electron chi connectivity index (χ3n) is 26.8. The molecule has 9 nitrogen and oxygen atoms in total. The highest BCUT2D eigenvalue weighted by atomic mass is 16.7. The Bertz CT molecular complexity index is 5430. The van der Waals surface area contributed by atoms with E-state index in [1.807, 2.05) is 18.6 Å². The molecule has 4 fully saturated rings. The number of nitrogens with zero attached hydrogens (tertiary/aromatic N) is 3. The van der Waals surface area contributed by atoms with E-state index in [1.54, 1.807) is 0 Å². The van der Waals surface area contributed by atoms with Crippen LogP contribution in [0.15, 0.2) is 243 Å². The smallest absolute Gasteiger partial charge is 0.399 e. The maximum absolute atomic E-state index is 7.25. The van der Waals surface area contributed by atoms with Gasteiger partial charge >= 0.3 is 21.4 Å². The summed E-state index contributed by atoms with van der Waals surface area (Å²) in [6.07, 6.45) is 8.64. The molecule has 6 heterocycles. The topological polar surface area (TPSA) is 94.1 Å². The Morgan fingerprint density at radius 3 is 0.819 bits per heavy atom. The summed E-state index contributed by atoms with van der Waals surface area (Å²) >= 11 is 0. The minimum atomic E-state index is -0.690. The molecule has 0 spiro atoms. The van der Waals surface area contributed by atoms with Crippen molar-refractivity contribution in [3.63, 3.8) is 0 Å². The Morgan fingerprint density at radius 1 is 0.267 bits per heavy atom. The maximum Gasteiger partial charge on any atom is 0.495 e. The molecule has 0 amide bonds. The quantitative estimate of drug-likeness (QED) is 0.0930. The minimum absolute atomic E-state index is 0.0165. The number of benzene rings is 9. The van der Waals surface area contributed by atoms with Gasteiger partial charge in [0.2, 0.25) is 0 Å². The van der Waals surface area contributed by atoms with Gasteiger partial charge in [0, 0.05) is 35.3 Å². The first-order valence-electron chi connectivity index (χ1n) is 41.9. The molecule has 588 valence electrons. The molecule has 116 heavy (non-hydrogen) atoms. The van der Waals surface area contributed by atoms with Crippen LogP contribution in [0.5, 0.6) is 0 Å². The van der Waals surface area contributed by atoms with Gasteiger partial charge in [0.25, 0.3) is 0 Å². The van der Waals surface area contributed by atoms with Crippen LogP contribution in [0.2, 0.25) is 0 Å². The predicted molar refractivity (Wildman–Crippen MR) is 482 cm³/mol. The Kier molecular flexibility index (Phi) is 20.8. The summed E-state index contributed by atoms with van der Waals surface area (Å²) in [6, 6.07) is 83.0. The van der Waals surface area contributed by atoms with Gasteiger partial charge in [-0.25, -0.2) is 0 Å². The van der Waals surface area contributed by atoms with Crippen LogP contribution in [-0.2, 0) is 38.8 Å². The van der Waals surface area contributed by atoms with Crippen LogP contribution in [0, 0.1) is 20.8 Å². The van der Waals surface area contributed by atoms with Gasteiger partial charge in [0.05, 0.1) is 50.7 Å². The van der Waals surface area contributed by atoms with E-state index in [1.165, 1.54) is 38.9 Å². The lowest BCUT2D eigenvalue weighted by molar-refractivity contribution is 0.00578. The summed E-state index contributed by atoms with van der Waals surface area (Å²) in [5.41, 5.74) is 27.8. The van der Waals surface area contributed by atoms with Gasteiger partial charge in [-0.05, 0) is 298 Å². The summed E-state index contributed by atoms with van der Waals surface area (Å²) in [5.74, 6) is 0.0582. The highest BCUT2D eigenvalue weighted by molar-refractivity contribution is 6.65. The van der Waals surface area contributed by atoms with E-state index in [4.69, 9.17) is 42.9 Å². The fourth-order valence-electron chi connectivity index (χ4n) is 17.7. The number of rotatable bonds is 15. The van der Waals surface area contributed by atoms with Gasteiger partial charge < -0.3 is 27.9 Å². The molecule has 3 aliphatic heterocycles. The van der Waals surface area contributed by atoms with Crippen LogP contribution in [0.3, 0.4) is 0 Å². The molecule has 3 saturated heterocycles. The molecular formula is C104H112B3N3O6. The number of pyridine rings is 3. The maximum atomic E-state index is 7.25. The Balaban J connectivity index is 0.902. The minimum Gasteiger partial charge on any atom is -0.399 e. The largest absolute Gasteiger partial charge is 0.495 e. The monoisotopic (exact) mass is 1530 g/mol. The van der Waals surface area contributed by atoms with Gasteiger partial charge in [-0.1, -0.05) is 248 Å². The average molecular weight is 1530 g/mol. The molecule has 1 aliphatic carbocycles. The molecule has 16 rings (SSSR count). The number of hydrogen-bond donors (Lipinski definition) is 0. The third kappa shape index (κ3) is 15.3. The SMILES string of the molecule is Cc1cc(-c2ccc(-c3ccccc3C3CC(c4ccc(C(C)(C)C)cc4-c4ccc(-c5cc(C)c(-c6ccccc6)cn5)cc4B4OC(C)(C)C(C)(C)O4)CC(c4ccc(C(C)(C)C)cc4-c4ccc(-c5cc(C)c(-c6ccccc6)cn5)cc4B4OC(C)(C)C(C)(C)O4)C3)c(B3OC(C)(C)C(C)(C)O3)c2)ncc1-c1ccccc1. The van der Waals surface area contributed by atoms with Crippen molar-refractivity contribution in [1.29, 1.82) is 0 Å². The van der Waals surface area contributed by atoms with Crippen LogP contribution in [0.4, 0.5) is 0 Å². The van der Waals surface area contributed by atoms with Crippen LogP contribution in [-0.4, -0.2) is 69.9 Å². The van der Waals surface area contributed by atoms with Crippen molar-refractivity contribution < 1.29 is 27.9 Å². The standard InChI is InChI=1S/C104H112B3N3O6/c1-65-51-94(108-62-88(65)68-33-25-22-26-34-68)71-41-46-83(91(57-71)105-111-99(10,11)100(12,13)112-105)82-40-32-31-39-79(82)74-54-75(80-49-44-77(97(4,5)6)60-86(80)84-47-42-72(58-92(84)106-113-101(14,15)102(16,17)114-106)95-52-66(2)89(63-109-95)69-35-27-23-28-36-69)56-76(55-74)81-50-45-78(98(7,8)9)61-87(81)85-48-43-73(59-93(85)107-115-103(18,19)104(20,21)116-107)96-53-67(3)90(64-110-96)70-37-29-24-30-38-70/h22-53,57-64,74-76H,54-56H2,1-21H3. The van der Waals surface area contributed by atoms with Crippen molar-refractivity contribution in [3.05, 3.63) is 288 Å². The van der Waals surface area contributed by atoms with E-state index in [-0.39, 0.29) is 28.6 Å². The second-order valence-corrected chi connectivity index (χ2v) is 38.4. The summed E-state index contributed by atoms with van der Waals surface area (Å²) in [4.78, 5) is 15.7. The zero-order valence-electron chi connectivity index (χ0n) is 72.0. The summed E-state index contributed by atoms with van der Waals surface area (Å²) in [6.45, 7) is 46.4. The van der Waals surface area contributed by atoms with E-state index in [2.05, 4.69) is 370 Å². The third-order valence-corrected chi connectivity index (χ3v) is 26.8. The molecule has 1 saturated carbocycles. The van der Waals surface area contributed by atoms with E-state index in [9.17, 15) is 0 Å². The lowest BCUT2D eigenvalue weighted by Gasteiger charge is -2.39. The normalized spacial score (nSPS) is 19.4. The summed E-state index contributed by atoms with van der Waals surface area (Å²) < 4.78 is 43.4. The number of aryl methyl sites for hydroxylation is 3. The fraction of sp³-hybridized carbons (Fsp3) is 0.337. The summed E-state index contributed by atoms with van der Waals surface area (Å²) in [7, 11) is -2.06. The molecule has 12 aromatic rings. The van der Waals surface area contributed by atoms with E-state index in [0.717, 1.165) is 142 Å². The molecule has 3 aromatic heterocycles. The molecule has 0 radical (unpaired) electrons. The van der Waals surface area contributed by atoms with Crippen LogP contribution in [0.25, 0.3) is 101 Å². The molecule has 2 atom stereocenters. The lowest BCUT2D eigenvalue weighted by Crippen LogP contribution is -2.41. The fourth-order valence-corrected chi connectivity index (χ4v) is 17.7. The zero-order chi connectivity index (χ0) is 82.0. The van der Waals surface area contributed by atoms with Gasteiger partial charge in [-0.15, -0.1) is 0 Å². The zero-order valence-corrected chi connectivity index (χ0v) is 72.0. The van der Waals surface area contributed by atoms with Crippen LogP contribution in [0.1, 0.15) is 206 Å². The first kappa shape index (κ1) is 80.2. The van der Waals surface area contributed by atoms with Crippen LogP contribution < -0.4 is 16.4 Å². The number of hydrogen-bond acceptors (Lipinski definition) is 9. The molecule has 2 unspecified atom stereocenters. The van der Waals surface area contributed by atoms with Crippen molar-refractivity contribution in [2.24, 2.45) is 0 Å². The highest BCUT2D eigenvalue weighted by Crippen LogP contribution is 2.55. The molecule has 4 aliphatic rings. The van der Waals surface area contributed by atoms with Crippen LogP contribution >= 0.6 is 0 Å². The van der Waals surface area contributed by atoms with Gasteiger partial charge in [-0.3, -0.25) is 15.0 Å². The summed E-state index contributed by atoms with van der Waals surface area (Å²) in [5, 5.41) is 0. The van der Waals surface area contributed by atoms with Crippen molar-refractivity contribution in [1.82, 2.24) is 15.0 Å². The lowest BCUT2D eigenvalue weighted by atomic mass is 9.64.